The minimum Gasteiger partial charge on any atom is -0.481 e. The molecule has 3 rings (SSSR count). The zero-order chi connectivity index (χ0) is 31.4. The molecule has 0 radical (unpaired) electrons. The van der Waals surface area contributed by atoms with E-state index in [9.17, 15) is 29.1 Å². The van der Waals surface area contributed by atoms with Crippen molar-refractivity contribution in [1.29, 1.82) is 0 Å². The second-order valence-corrected chi connectivity index (χ2v) is 10.2. The number of aromatic amines is 1. The number of rotatable bonds is 16. The first-order valence-corrected chi connectivity index (χ1v) is 14.0. The summed E-state index contributed by atoms with van der Waals surface area (Å²) in [4.78, 5) is 66.3. The van der Waals surface area contributed by atoms with E-state index < -0.39 is 60.2 Å². The van der Waals surface area contributed by atoms with E-state index >= 15 is 0 Å². The van der Waals surface area contributed by atoms with Crippen LogP contribution >= 0.6 is 0 Å². The van der Waals surface area contributed by atoms with Crippen LogP contribution in [0.3, 0.4) is 0 Å². The lowest BCUT2D eigenvalue weighted by Crippen LogP contribution is -2.58. The quantitative estimate of drug-likeness (QED) is 0.120. The highest BCUT2D eigenvalue weighted by Crippen LogP contribution is 2.19. The number of para-hydroxylation sites is 1. The Bertz CT molecular complexity index is 1450. The Labute approximate surface area is 249 Å². The number of carboxylic acids is 1. The summed E-state index contributed by atoms with van der Waals surface area (Å²) in [6.07, 6.45) is 5.48. The highest BCUT2D eigenvalue weighted by Gasteiger charge is 2.31. The highest BCUT2D eigenvalue weighted by molar-refractivity contribution is 5.96. The number of allylic oxidation sites excluding steroid dienone is 2. The monoisotopic (exact) mass is 590 g/mol. The van der Waals surface area contributed by atoms with E-state index in [1.54, 1.807) is 48.7 Å². The number of nitrogens with one attached hydrogen (secondary N) is 4. The number of H-pyrrole nitrogens is 1. The molecular formula is C31H38N6O6. The Morgan fingerprint density at radius 3 is 2.16 bits per heavy atom. The van der Waals surface area contributed by atoms with Gasteiger partial charge in [0, 0.05) is 23.5 Å². The van der Waals surface area contributed by atoms with Crippen molar-refractivity contribution in [3.63, 3.8) is 0 Å². The zero-order valence-electron chi connectivity index (χ0n) is 23.9. The molecule has 12 heteroatoms. The largest absolute Gasteiger partial charge is 0.481 e. The molecule has 228 valence electrons. The normalized spacial score (nSPS) is 14.0. The van der Waals surface area contributed by atoms with Crippen LogP contribution in [0.5, 0.6) is 0 Å². The molecule has 0 aliphatic carbocycles. The number of hydrogen-bond donors (Lipinski definition) is 7. The third kappa shape index (κ3) is 9.82. The van der Waals surface area contributed by atoms with Crippen molar-refractivity contribution >= 4 is 40.5 Å². The van der Waals surface area contributed by atoms with E-state index in [1.165, 1.54) is 0 Å². The van der Waals surface area contributed by atoms with Crippen molar-refractivity contribution in [1.82, 2.24) is 20.9 Å². The maximum Gasteiger partial charge on any atom is 0.305 e. The second kappa shape index (κ2) is 15.9. The summed E-state index contributed by atoms with van der Waals surface area (Å²) in [5, 5.41) is 17.9. The van der Waals surface area contributed by atoms with Gasteiger partial charge in [-0.15, -0.1) is 0 Å². The minimum atomic E-state index is -1.54. The van der Waals surface area contributed by atoms with Gasteiger partial charge >= 0.3 is 5.97 Å². The van der Waals surface area contributed by atoms with Gasteiger partial charge in [0.2, 0.25) is 23.6 Å². The number of carboxylic acid groups (broad SMARTS) is 1. The molecule has 0 bridgehead atoms. The van der Waals surface area contributed by atoms with Crippen LogP contribution in [0.1, 0.15) is 37.3 Å². The number of primary amides is 1. The van der Waals surface area contributed by atoms with Gasteiger partial charge in [0.25, 0.3) is 0 Å². The number of aromatic nitrogens is 1. The lowest BCUT2D eigenvalue weighted by Gasteiger charge is -2.24. The van der Waals surface area contributed by atoms with Crippen LogP contribution in [0.15, 0.2) is 72.9 Å². The van der Waals surface area contributed by atoms with E-state index in [2.05, 4.69) is 20.9 Å². The predicted molar refractivity (Wildman–Crippen MR) is 161 cm³/mol. The van der Waals surface area contributed by atoms with Crippen molar-refractivity contribution in [2.75, 3.05) is 0 Å². The van der Waals surface area contributed by atoms with Crippen LogP contribution in [0, 0.1) is 0 Å². The van der Waals surface area contributed by atoms with Gasteiger partial charge in [-0.3, -0.25) is 24.0 Å². The molecule has 0 saturated heterocycles. The molecule has 4 atom stereocenters. The van der Waals surface area contributed by atoms with Gasteiger partial charge < -0.3 is 37.5 Å². The molecule has 0 unspecified atom stereocenters. The van der Waals surface area contributed by atoms with Gasteiger partial charge in [-0.1, -0.05) is 60.7 Å². The molecule has 0 spiro atoms. The fraction of sp³-hybridized carbons (Fsp3) is 0.323. The summed E-state index contributed by atoms with van der Waals surface area (Å²) in [6, 6.07) is 11.6. The summed E-state index contributed by atoms with van der Waals surface area (Å²) >= 11 is 0. The average Bonchev–Trinajstić information content (AvgIpc) is 3.38. The molecule has 3 aromatic rings. The maximum atomic E-state index is 13.3. The number of aliphatic carboxylic acids is 1. The minimum absolute atomic E-state index is 0.0754. The molecule has 0 fully saturated rings. The zero-order valence-corrected chi connectivity index (χ0v) is 23.9. The van der Waals surface area contributed by atoms with Gasteiger partial charge in [-0.25, -0.2) is 0 Å². The average molecular weight is 591 g/mol. The summed E-state index contributed by atoms with van der Waals surface area (Å²) < 4.78 is 0. The Kier molecular flexibility index (Phi) is 12.0. The van der Waals surface area contributed by atoms with Crippen LogP contribution in [0.25, 0.3) is 10.9 Å². The second-order valence-electron chi connectivity index (χ2n) is 10.2. The summed E-state index contributed by atoms with van der Waals surface area (Å²) in [6.45, 7) is 1.81. The summed E-state index contributed by atoms with van der Waals surface area (Å²) in [5.41, 5.74) is 14.2. The van der Waals surface area contributed by atoms with Crippen molar-refractivity contribution in [3.05, 3.63) is 84.1 Å². The van der Waals surface area contributed by atoms with Gasteiger partial charge in [-0.05, 0) is 43.4 Å². The number of benzene rings is 2. The third-order valence-corrected chi connectivity index (χ3v) is 6.90. The van der Waals surface area contributed by atoms with E-state index in [-0.39, 0.29) is 19.3 Å². The Hall–Kier alpha value is -4.97. The molecule has 9 N–H and O–H groups in total. The molecular weight excluding hydrogens is 552 g/mol. The lowest BCUT2D eigenvalue weighted by molar-refractivity contribution is -0.141. The van der Waals surface area contributed by atoms with E-state index in [4.69, 9.17) is 11.5 Å². The smallest absolute Gasteiger partial charge is 0.305 e. The molecule has 1 aromatic heterocycles. The van der Waals surface area contributed by atoms with E-state index in [0.29, 0.717) is 6.42 Å². The van der Waals surface area contributed by atoms with Gasteiger partial charge in [0.15, 0.2) is 0 Å². The number of fused-ring (bicyclic) bond motifs is 1. The maximum absolute atomic E-state index is 13.3. The highest BCUT2D eigenvalue weighted by atomic mass is 16.4. The van der Waals surface area contributed by atoms with Crippen LogP contribution in [-0.4, -0.2) is 63.9 Å². The van der Waals surface area contributed by atoms with E-state index in [0.717, 1.165) is 22.0 Å². The standard InChI is InChI=1S/C31H38N6O6/c1-2-3-5-14-24(35-29(41)22(32)16-20-18-34-23-13-9-8-12-21(20)23)30(42)37-26(17-27(38)39)31(43)36-25(28(33)40)15-19-10-6-4-7-11-19/h2-4,6-13,18,22,24-26,34H,5,14-17,32H2,1H3,(H2,33,40)(H,35,41)(H,36,43)(H,37,42)(H,38,39)/b3-2+/t22-,24-,25-,26-/m0/s1. The van der Waals surface area contributed by atoms with Crippen molar-refractivity contribution < 1.29 is 29.1 Å². The number of carbonyl (C=O) groups excluding carboxylic acids is 4. The first kappa shape index (κ1) is 32.5. The Morgan fingerprint density at radius 2 is 1.49 bits per heavy atom. The predicted octanol–water partition coefficient (Wildman–Crippen LogP) is 1.05. The SMILES string of the molecule is C/C=C/CC[C@H](NC(=O)[C@@H](N)Cc1c[nH]c2ccccc12)C(=O)N[C@@H](CC(=O)O)C(=O)N[C@@H](Cc1ccccc1)C(N)=O. The molecule has 1 heterocycles. The fourth-order valence-corrected chi connectivity index (χ4v) is 4.61. The topological polar surface area (TPSA) is 209 Å². The number of nitrogens with two attached hydrogens (primary N) is 2. The van der Waals surface area contributed by atoms with Gasteiger partial charge in [-0.2, -0.15) is 0 Å². The Balaban J connectivity index is 1.71. The Morgan fingerprint density at radius 1 is 0.860 bits per heavy atom. The van der Waals surface area contributed by atoms with Crippen molar-refractivity contribution in [2.45, 2.75) is 63.2 Å². The third-order valence-electron chi connectivity index (χ3n) is 6.90. The molecule has 43 heavy (non-hydrogen) atoms. The van der Waals surface area contributed by atoms with Crippen molar-refractivity contribution in [3.8, 4) is 0 Å². The fourth-order valence-electron chi connectivity index (χ4n) is 4.61. The lowest BCUT2D eigenvalue weighted by atomic mass is 10.0. The first-order valence-electron chi connectivity index (χ1n) is 14.0. The van der Waals surface area contributed by atoms with Gasteiger partial charge in [0.1, 0.15) is 18.1 Å². The molecule has 0 saturated carbocycles. The van der Waals surface area contributed by atoms with Gasteiger partial charge in [0.05, 0.1) is 12.5 Å². The van der Waals surface area contributed by atoms with Crippen LogP contribution in [-0.2, 0) is 36.8 Å². The molecule has 4 amide bonds. The van der Waals surface area contributed by atoms with Crippen molar-refractivity contribution in [2.24, 2.45) is 11.5 Å². The number of carbonyl (C=O) groups is 5. The van der Waals surface area contributed by atoms with Crippen LogP contribution in [0.4, 0.5) is 0 Å². The molecule has 12 nitrogen and oxygen atoms in total. The molecule has 0 aliphatic rings. The summed E-state index contributed by atoms with van der Waals surface area (Å²) in [5.74, 6) is -4.42. The van der Waals surface area contributed by atoms with Crippen LogP contribution in [0.2, 0.25) is 0 Å². The molecule has 0 aliphatic heterocycles. The first-order chi connectivity index (χ1) is 20.6. The summed E-state index contributed by atoms with van der Waals surface area (Å²) in [7, 11) is 0. The van der Waals surface area contributed by atoms with Crippen LogP contribution < -0.4 is 27.4 Å². The number of amides is 4. The molecule has 2 aromatic carbocycles. The number of hydrogen-bond acceptors (Lipinski definition) is 6. The van der Waals surface area contributed by atoms with E-state index in [1.807, 2.05) is 31.2 Å².